The highest BCUT2D eigenvalue weighted by Gasteiger charge is 2.19. The fourth-order valence-electron chi connectivity index (χ4n) is 2.23. The van der Waals surface area contributed by atoms with Gasteiger partial charge >= 0.3 is 0 Å². The Balaban J connectivity index is 2.00. The van der Waals surface area contributed by atoms with Crippen molar-refractivity contribution >= 4 is 5.69 Å². The molecular formula is C13H19FN2. The molecule has 0 saturated heterocycles. The van der Waals surface area contributed by atoms with Crippen LogP contribution in [0.5, 0.6) is 0 Å². The number of nitrogens with one attached hydrogen (secondary N) is 1. The summed E-state index contributed by atoms with van der Waals surface area (Å²) in [5.74, 6) is -0.166. The Hall–Kier alpha value is -1.09. The Morgan fingerprint density at radius 2 is 1.94 bits per heavy atom. The first-order valence-corrected chi connectivity index (χ1v) is 5.93. The molecule has 2 rings (SSSR count). The van der Waals surface area contributed by atoms with Crippen LogP contribution in [0.25, 0.3) is 0 Å². The van der Waals surface area contributed by atoms with E-state index in [9.17, 15) is 4.39 Å². The Bertz CT molecular complexity index is 357. The molecule has 3 heteroatoms. The van der Waals surface area contributed by atoms with Gasteiger partial charge in [-0.3, -0.25) is 0 Å². The lowest BCUT2D eigenvalue weighted by Crippen LogP contribution is -2.33. The van der Waals surface area contributed by atoms with Gasteiger partial charge in [-0.1, -0.05) is 6.07 Å². The SMILES string of the molecule is Cc1ccc(F)c(NC2CCC(N)CC2)c1. The van der Waals surface area contributed by atoms with E-state index in [-0.39, 0.29) is 5.82 Å². The van der Waals surface area contributed by atoms with Gasteiger partial charge in [0.2, 0.25) is 0 Å². The first kappa shape index (κ1) is 11.4. The summed E-state index contributed by atoms with van der Waals surface area (Å²) >= 11 is 0. The number of aryl methyl sites for hydroxylation is 1. The van der Waals surface area contributed by atoms with Crippen LogP contribution >= 0.6 is 0 Å². The van der Waals surface area contributed by atoms with Crippen LogP contribution in [0.3, 0.4) is 0 Å². The zero-order valence-corrected chi connectivity index (χ0v) is 9.67. The zero-order chi connectivity index (χ0) is 11.5. The fourth-order valence-corrected chi connectivity index (χ4v) is 2.23. The first-order valence-electron chi connectivity index (χ1n) is 5.93. The Kier molecular flexibility index (Phi) is 3.44. The van der Waals surface area contributed by atoms with Gasteiger partial charge in [0.05, 0.1) is 5.69 Å². The van der Waals surface area contributed by atoms with Gasteiger partial charge in [0.15, 0.2) is 0 Å². The minimum atomic E-state index is -0.166. The molecule has 2 nitrogen and oxygen atoms in total. The summed E-state index contributed by atoms with van der Waals surface area (Å²) in [7, 11) is 0. The van der Waals surface area contributed by atoms with Crippen molar-refractivity contribution in [2.75, 3.05) is 5.32 Å². The molecule has 0 atom stereocenters. The quantitative estimate of drug-likeness (QED) is 0.807. The summed E-state index contributed by atoms with van der Waals surface area (Å²) in [6.45, 7) is 1.97. The molecule has 0 amide bonds. The normalized spacial score (nSPS) is 25.4. The van der Waals surface area contributed by atoms with E-state index in [0.717, 1.165) is 31.2 Å². The Labute approximate surface area is 96.0 Å². The molecule has 1 fully saturated rings. The van der Waals surface area contributed by atoms with E-state index in [4.69, 9.17) is 5.73 Å². The van der Waals surface area contributed by atoms with Crippen molar-refractivity contribution in [1.82, 2.24) is 0 Å². The second kappa shape index (κ2) is 4.83. The lowest BCUT2D eigenvalue weighted by Gasteiger charge is -2.27. The van der Waals surface area contributed by atoms with Crippen LogP contribution in [-0.2, 0) is 0 Å². The van der Waals surface area contributed by atoms with Crippen LogP contribution in [0, 0.1) is 12.7 Å². The fraction of sp³-hybridized carbons (Fsp3) is 0.538. The zero-order valence-electron chi connectivity index (χ0n) is 9.67. The van der Waals surface area contributed by atoms with Gasteiger partial charge in [0, 0.05) is 12.1 Å². The number of anilines is 1. The largest absolute Gasteiger partial charge is 0.380 e. The third-order valence-corrected chi connectivity index (χ3v) is 3.25. The topological polar surface area (TPSA) is 38.0 Å². The van der Waals surface area contributed by atoms with Gasteiger partial charge in [-0.15, -0.1) is 0 Å². The molecule has 0 aromatic heterocycles. The number of benzene rings is 1. The molecular weight excluding hydrogens is 203 g/mol. The van der Waals surface area contributed by atoms with Crippen LogP contribution in [0.4, 0.5) is 10.1 Å². The van der Waals surface area contributed by atoms with Crippen LogP contribution in [0.2, 0.25) is 0 Å². The first-order chi connectivity index (χ1) is 7.65. The van der Waals surface area contributed by atoms with Gasteiger partial charge in [-0.25, -0.2) is 4.39 Å². The monoisotopic (exact) mass is 222 g/mol. The number of hydrogen-bond donors (Lipinski definition) is 2. The molecule has 16 heavy (non-hydrogen) atoms. The molecule has 0 aliphatic heterocycles. The number of nitrogens with two attached hydrogens (primary N) is 1. The summed E-state index contributed by atoms with van der Waals surface area (Å²) in [4.78, 5) is 0. The summed E-state index contributed by atoms with van der Waals surface area (Å²) < 4.78 is 13.5. The predicted octanol–water partition coefficient (Wildman–Crippen LogP) is 2.82. The standard InChI is InChI=1S/C13H19FN2/c1-9-2-7-12(14)13(8-9)16-11-5-3-10(15)4-6-11/h2,7-8,10-11,16H,3-6,15H2,1H3. The second-order valence-electron chi connectivity index (χ2n) is 4.74. The Morgan fingerprint density at radius 1 is 1.25 bits per heavy atom. The maximum absolute atomic E-state index is 13.5. The van der Waals surface area contributed by atoms with Gasteiger partial charge in [0.1, 0.15) is 5.82 Å². The lowest BCUT2D eigenvalue weighted by molar-refractivity contribution is 0.410. The number of hydrogen-bond acceptors (Lipinski definition) is 2. The Morgan fingerprint density at radius 3 is 2.62 bits per heavy atom. The maximum Gasteiger partial charge on any atom is 0.146 e. The minimum absolute atomic E-state index is 0.166. The van der Waals surface area contributed by atoms with Crippen molar-refractivity contribution < 1.29 is 4.39 Å². The van der Waals surface area contributed by atoms with Crippen molar-refractivity contribution in [2.24, 2.45) is 5.73 Å². The average Bonchev–Trinajstić information content (AvgIpc) is 2.27. The molecule has 1 aromatic carbocycles. The molecule has 88 valence electrons. The van der Waals surface area contributed by atoms with Crippen LogP contribution in [-0.4, -0.2) is 12.1 Å². The number of rotatable bonds is 2. The highest BCUT2D eigenvalue weighted by atomic mass is 19.1. The molecule has 0 unspecified atom stereocenters. The van der Waals surface area contributed by atoms with E-state index in [2.05, 4.69) is 5.32 Å². The van der Waals surface area contributed by atoms with Gasteiger partial charge in [-0.05, 0) is 50.3 Å². The van der Waals surface area contributed by atoms with Crippen LogP contribution in [0.1, 0.15) is 31.2 Å². The van der Waals surface area contributed by atoms with E-state index >= 15 is 0 Å². The van der Waals surface area contributed by atoms with Gasteiger partial charge < -0.3 is 11.1 Å². The number of halogens is 1. The van der Waals surface area contributed by atoms with Gasteiger partial charge in [-0.2, -0.15) is 0 Å². The van der Waals surface area contributed by atoms with Crippen LogP contribution < -0.4 is 11.1 Å². The molecule has 1 saturated carbocycles. The molecule has 0 spiro atoms. The summed E-state index contributed by atoms with van der Waals surface area (Å²) in [5.41, 5.74) is 7.55. The van der Waals surface area contributed by atoms with E-state index in [1.807, 2.05) is 13.0 Å². The van der Waals surface area contributed by atoms with E-state index in [1.165, 1.54) is 6.07 Å². The van der Waals surface area contributed by atoms with Crippen molar-refractivity contribution in [3.8, 4) is 0 Å². The average molecular weight is 222 g/mol. The molecule has 0 bridgehead atoms. The highest BCUT2D eigenvalue weighted by Crippen LogP contribution is 2.23. The third-order valence-electron chi connectivity index (χ3n) is 3.25. The summed E-state index contributed by atoms with van der Waals surface area (Å²) in [5, 5.41) is 3.28. The molecule has 1 aromatic rings. The van der Waals surface area contributed by atoms with Crippen molar-refractivity contribution in [3.05, 3.63) is 29.6 Å². The van der Waals surface area contributed by atoms with Crippen LogP contribution in [0.15, 0.2) is 18.2 Å². The molecule has 0 heterocycles. The lowest BCUT2D eigenvalue weighted by atomic mass is 9.91. The molecule has 1 aliphatic carbocycles. The minimum Gasteiger partial charge on any atom is -0.380 e. The smallest absolute Gasteiger partial charge is 0.146 e. The van der Waals surface area contributed by atoms with Gasteiger partial charge in [0.25, 0.3) is 0 Å². The predicted molar refractivity (Wildman–Crippen MR) is 65.0 cm³/mol. The van der Waals surface area contributed by atoms with Crippen molar-refractivity contribution in [1.29, 1.82) is 0 Å². The van der Waals surface area contributed by atoms with E-state index < -0.39 is 0 Å². The highest BCUT2D eigenvalue weighted by molar-refractivity contribution is 5.47. The molecule has 0 radical (unpaired) electrons. The summed E-state index contributed by atoms with van der Waals surface area (Å²) in [6.07, 6.45) is 4.14. The second-order valence-corrected chi connectivity index (χ2v) is 4.74. The summed E-state index contributed by atoms with van der Waals surface area (Å²) in [6, 6.07) is 5.88. The maximum atomic E-state index is 13.5. The third kappa shape index (κ3) is 2.73. The van der Waals surface area contributed by atoms with Crippen molar-refractivity contribution in [2.45, 2.75) is 44.7 Å². The molecule has 3 N–H and O–H groups in total. The van der Waals surface area contributed by atoms with E-state index in [1.54, 1.807) is 6.07 Å². The van der Waals surface area contributed by atoms with Crippen molar-refractivity contribution in [3.63, 3.8) is 0 Å². The van der Waals surface area contributed by atoms with E-state index in [0.29, 0.717) is 17.8 Å². The molecule has 1 aliphatic rings.